The van der Waals surface area contributed by atoms with E-state index in [1.54, 1.807) is 4.57 Å². The van der Waals surface area contributed by atoms with E-state index >= 15 is 0 Å². The first kappa shape index (κ1) is 15.0. The molecular formula is C12H11NO4S3. The fourth-order valence-corrected chi connectivity index (χ4v) is 3.19. The molecule has 1 heterocycles. The molecule has 8 heteroatoms. The Hall–Kier alpha value is -1.38. The second kappa shape index (κ2) is 6.87. The molecule has 0 amide bonds. The molecule has 0 atom stereocenters. The average Bonchev–Trinajstić information content (AvgIpc) is 2.73. The van der Waals surface area contributed by atoms with Crippen LogP contribution in [0.5, 0.6) is 0 Å². The van der Waals surface area contributed by atoms with Crippen LogP contribution in [0.2, 0.25) is 0 Å². The van der Waals surface area contributed by atoms with Gasteiger partial charge in [-0.1, -0.05) is 35.2 Å². The Kier molecular flexibility index (Phi) is 5.16. The van der Waals surface area contributed by atoms with E-state index in [-0.39, 0.29) is 21.6 Å². The topological polar surface area (TPSA) is 68.5 Å². The summed E-state index contributed by atoms with van der Waals surface area (Å²) in [7, 11) is 0. The van der Waals surface area contributed by atoms with E-state index in [1.165, 1.54) is 11.3 Å². The predicted octanol–water partition coefficient (Wildman–Crippen LogP) is 2.18. The molecule has 2 rings (SSSR count). The molecule has 0 bridgehead atoms. The maximum Gasteiger partial charge on any atom is 0.313 e. The summed E-state index contributed by atoms with van der Waals surface area (Å²) in [6.07, 6.45) is 0. The summed E-state index contributed by atoms with van der Waals surface area (Å²) >= 11 is 7.03. The van der Waals surface area contributed by atoms with Gasteiger partial charge in [0.25, 0.3) is 0 Å². The third kappa shape index (κ3) is 3.81. The van der Waals surface area contributed by atoms with Gasteiger partial charge in [0.1, 0.15) is 6.61 Å². The number of carboxylic acids is 1. The lowest BCUT2D eigenvalue weighted by Gasteiger charge is -2.07. The standard InChI is InChI=1S/C12H11NO4S3/c14-10(15)7-19-12(18)17-6-5-13-8-3-1-2-4-9(8)20-11(13)16/h1-4H,5-7H2,(H,14,15). The molecule has 0 fully saturated rings. The molecule has 1 aromatic heterocycles. The van der Waals surface area contributed by atoms with Crippen molar-refractivity contribution in [2.75, 3.05) is 12.4 Å². The molecule has 20 heavy (non-hydrogen) atoms. The lowest BCUT2D eigenvalue weighted by molar-refractivity contribution is -0.133. The number of carboxylic acid groups (broad SMARTS) is 1. The van der Waals surface area contributed by atoms with Crippen LogP contribution >= 0.6 is 35.3 Å². The van der Waals surface area contributed by atoms with E-state index in [1.807, 2.05) is 24.3 Å². The van der Waals surface area contributed by atoms with E-state index in [2.05, 4.69) is 0 Å². The highest BCUT2D eigenvalue weighted by Crippen LogP contribution is 2.16. The van der Waals surface area contributed by atoms with Crippen molar-refractivity contribution in [1.82, 2.24) is 4.57 Å². The molecule has 0 saturated carbocycles. The smallest absolute Gasteiger partial charge is 0.313 e. The number of aliphatic carboxylic acids is 1. The number of thiazole rings is 1. The van der Waals surface area contributed by atoms with E-state index < -0.39 is 5.97 Å². The highest BCUT2D eigenvalue weighted by Gasteiger charge is 2.08. The Morgan fingerprint density at radius 2 is 2.20 bits per heavy atom. The zero-order valence-electron chi connectivity index (χ0n) is 10.3. The van der Waals surface area contributed by atoms with Crippen molar-refractivity contribution in [1.29, 1.82) is 0 Å². The number of thiocarbonyl (C=S) groups is 1. The number of carbonyl (C=O) groups is 1. The third-order valence-corrected chi connectivity index (χ3v) is 4.60. The van der Waals surface area contributed by atoms with Crippen LogP contribution in [0.15, 0.2) is 29.1 Å². The molecule has 1 aromatic carbocycles. The summed E-state index contributed by atoms with van der Waals surface area (Å²) in [5, 5.41) is 8.51. The number of ether oxygens (including phenoxy) is 1. The van der Waals surface area contributed by atoms with Gasteiger partial charge in [0.05, 0.1) is 22.5 Å². The normalized spacial score (nSPS) is 10.6. The monoisotopic (exact) mass is 329 g/mol. The second-order valence-electron chi connectivity index (χ2n) is 3.77. The Bertz CT molecular complexity index is 691. The highest BCUT2D eigenvalue weighted by atomic mass is 32.2. The van der Waals surface area contributed by atoms with Gasteiger partial charge in [-0.2, -0.15) is 0 Å². The number of thioether (sulfide) groups is 1. The molecular weight excluding hydrogens is 318 g/mol. The van der Waals surface area contributed by atoms with Gasteiger partial charge in [-0.3, -0.25) is 14.2 Å². The van der Waals surface area contributed by atoms with Crippen LogP contribution in [0.3, 0.4) is 0 Å². The summed E-state index contributed by atoms with van der Waals surface area (Å²) in [6, 6.07) is 7.53. The maximum atomic E-state index is 11.8. The van der Waals surface area contributed by atoms with Crippen molar-refractivity contribution in [3.63, 3.8) is 0 Å². The fraction of sp³-hybridized carbons (Fsp3) is 0.250. The number of hydrogen-bond acceptors (Lipinski definition) is 6. The van der Waals surface area contributed by atoms with Crippen LogP contribution in [-0.2, 0) is 16.1 Å². The van der Waals surface area contributed by atoms with Crippen molar-refractivity contribution in [3.8, 4) is 0 Å². The van der Waals surface area contributed by atoms with Gasteiger partial charge in [-0.15, -0.1) is 0 Å². The summed E-state index contributed by atoms with van der Waals surface area (Å²) in [5.41, 5.74) is 0.871. The van der Waals surface area contributed by atoms with Gasteiger partial charge >= 0.3 is 10.8 Å². The minimum Gasteiger partial charge on any atom is -0.481 e. The van der Waals surface area contributed by atoms with Gasteiger partial charge < -0.3 is 9.84 Å². The SMILES string of the molecule is O=C(O)CSC(=S)OCCn1c(=O)sc2ccccc21. The van der Waals surface area contributed by atoms with Crippen molar-refractivity contribution in [2.24, 2.45) is 0 Å². The van der Waals surface area contributed by atoms with E-state index in [0.29, 0.717) is 6.54 Å². The van der Waals surface area contributed by atoms with Crippen molar-refractivity contribution >= 4 is 55.9 Å². The second-order valence-corrected chi connectivity index (χ2v) is 6.34. The first-order valence-corrected chi connectivity index (χ1v) is 7.88. The number of fused-ring (bicyclic) bond motifs is 1. The van der Waals surface area contributed by atoms with Crippen molar-refractivity contribution in [2.45, 2.75) is 6.54 Å². The fourth-order valence-electron chi connectivity index (χ4n) is 1.61. The minimum absolute atomic E-state index is 0.0427. The Morgan fingerprint density at radius 1 is 1.45 bits per heavy atom. The lowest BCUT2D eigenvalue weighted by atomic mass is 10.3. The Balaban J connectivity index is 1.93. The van der Waals surface area contributed by atoms with Gasteiger partial charge in [-0.05, 0) is 24.4 Å². The van der Waals surface area contributed by atoms with Crippen molar-refractivity contribution in [3.05, 3.63) is 33.9 Å². The molecule has 0 radical (unpaired) electrons. The zero-order valence-corrected chi connectivity index (χ0v) is 12.7. The molecule has 0 aliphatic heterocycles. The average molecular weight is 329 g/mol. The minimum atomic E-state index is -0.944. The summed E-state index contributed by atoms with van der Waals surface area (Å²) in [4.78, 5) is 22.2. The van der Waals surface area contributed by atoms with E-state index in [0.717, 1.165) is 22.0 Å². The predicted molar refractivity (Wildman–Crippen MR) is 84.7 cm³/mol. The summed E-state index contributed by atoms with van der Waals surface area (Å²) < 4.78 is 7.99. The van der Waals surface area contributed by atoms with Crippen LogP contribution in [0.4, 0.5) is 0 Å². The molecule has 0 unspecified atom stereocenters. The Labute approximate surface area is 128 Å². The number of para-hydroxylation sites is 1. The first-order valence-electron chi connectivity index (χ1n) is 5.67. The van der Waals surface area contributed by atoms with Crippen LogP contribution < -0.4 is 4.87 Å². The van der Waals surface area contributed by atoms with Crippen molar-refractivity contribution < 1.29 is 14.6 Å². The zero-order chi connectivity index (χ0) is 14.5. The van der Waals surface area contributed by atoms with E-state index in [4.69, 9.17) is 22.1 Å². The van der Waals surface area contributed by atoms with Gasteiger partial charge in [0, 0.05) is 0 Å². The van der Waals surface area contributed by atoms with E-state index in [9.17, 15) is 9.59 Å². The van der Waals surface area contributed by atoms with Crippen LogP contribution in [0, 0.1) is 0 Å². The van der Waals surface area contributed by atoms with Gasteiger partial charge in [-0.25, -0.2) is 0 Å². The molecule has 0 aliphatic rings. The highest BCUT2D eigenvalue weighted by molar-refractivity contribution is 8.23. The number of nitrogens with zero attached hydrogens (tertiary/aromatic N) is 1. The molecule has 0 spiro atoms. The molecule has 2 aromatic rings. The molecule has 106 valence electrons. The van der Waals surface area contributed by atoms with Gasteiger partial charge in [0.15, 0.2) is 0 Å². The van der Waals surface area contributed by atoms with Crippen LogP contribution in [0.1, 0.15) is 0 Å². The molecule has 0 saturated heterocycles. The first-order chi connectivity index (χ1) is 9.58. The molecule has 5 nitrogen and oxygen atoms in total. The number of aromatic nitrogens is 1. The maximum absolute atomic E-state index is 11.8. The van der Waals surface area contributed by atoms with Crippen LogP contribution in [0.25, 0.3) is 10.2 Å². The molecule has 0 aliphatic carbocycles. The Morgan fingerprint density at radius 3 is 2.95 bits per heavy atom. The molecule has 1 N–H and O–H groups in total. The van der Waals surface area contributed by atoms with Crippen LogP contribution in [-0.4, -0.2) is 32.4 Å². The summed E-state index contributed by atoms with van der Waals surface area (Å²) in [6.45, 7) is 0.628. The number of hydrogen-bond donors (Lipinski definition) is 1. The number of benzene rings is 1. The number of rotatable bonds is 5. The van der Waals surface area contributed by atoms with Gasteiger partial charge in [0.2, 0.25) is 4.38 Å². The third-order valence-electron chi connectivity index (χ3n) is 2.42. The summed E-state index contributed by atoms with van der Waals surface area (Å²) in [5.74, 6) is -1.07. The lowest BCUT2D eigenvalue weighted by Crippen LogP contribution is -2.17. The quantitative estimate of drug-likeness (QED) is 0.848. The largest absolute Gasteiger partial charge is 0.481 e.